The lowest BCUT2D eigenvalue weighted by molar-refractivity contribution is -0.242. The van der Waals surface area contributed by atoms with Gasteiger partial charge in [0.25, 0.3) is 11.8 Å². The summed E-state index contributed by atoms with van der Waals surface area (Å²) in [5.74, 6) is -19.7. The van der Waals surface area contributed by atoms with Crippen molar-refractivity contribution >= 4 is 101 Å². The van der Waals surface area contributed by atoms with Crippen molar-refractivity contribution in [1.29, 1.82) is 0 Å². The Labute approximate surface area is 514 Å². The van der Waals surface area contributed by atoms with Crippen LogP contribution in [0.15, 0.2) is 0 Å². The number of nitrogens with one attached hydrogen (secondary N) is 3. The highest BCUT2D eigenvalue weighted by molar-refractivity contribution is 5.86. The van der Waals surface area contributed by atoms with E-state index in [4.69, 9.17) is 81.5 Å². The number of hydrogen-bond acceptors (Lipinski definition) is 35. The van der Waals surface area contributed by atoms with E-state index < -0.39 is 233 Å². The molecule has 0 aliphatic rings. The van der Waals surface area contributed by atoms with Crippen LogP contribution in [0.1, 0.15) is 104 Å². The smallest absolute Gasteiger partial charge is 0.305 e. The molecule has 0 aromatic rings. The van der Waals surface area contributed by atoms with Gasteiger partial charge in [-0.3, -0.25) is 86.8 Å². The molecule has 0 aromatic heterocycles. The van der Waals surface area contributed by atoms with Gasteiger partial charge in [0.1, 0.15) is 26.6 Å². The van der Waals surface area contributed by atoms with Gasteiger partial charge < -0.3 is 92.2 Å². The molecule has 0 saturated heterocycles. The third-order valence-electron chi connectivity index (χ3n) is 11.0. The molecule has 0 spiro atoms. The summed E-state index contributed by atoms with van der Waals surface area (Å²) >= 11 is 0. The maximum Gasteiger partial charge on any atom is 0.305 e. The first-order valence-electron chi connectivity index (χ1n) is 26.8. The number of carbonyl (C=O) groups is 17. The van der Waals surface area contributed by atoms with Gasteiger partial charge in [0, 0.05) is 135 Å². The van der Waals surface area contributed by atoms with Gasteiger partial charge >= 0.3 is 89.5 Å². The van der Waals surface area contributed by atoms with Crippen LogP contribution in [-0.2, 0) is 157 Å². The molecule has 37 heteroatoms. The Balaban J connectivity index is 8.46. The van der Waals surface area contributed by atoms with Crippen molar-refractivity contribution in [3.63, 3.8) is 0 Å². The highest BCUT2D eigenvalue weighted by atomic mass is 16.7. The first kappa shape index (κ1) is 80.9. The van der Waals surface area contributed by atoms with Crippen LogP contribution < -0.4 is 21.7 Å². The number of rotatable bonds is 39. The summed E-state index contributed by atoms with van der Waals surface area (Å²) in [7, 11) is 0. The van der Waals surface area contributed by atoms with E-state index in [9.17, 15) is 81.5 Å². The van der Waals surface area contributed by atoms with Crippen LogP contribution in [0.5, 0.6) is 0 Å². The van der Waals surface area contributed by atoms with Crippen LogP contribution in [0, 0.1) is 5.41 Å². The fourth-order valence-corrected chi connectivity index (χ4v) is 7.79. The number of nitrogens with two attached hydrogens (primary N) is 1. The van der Waals surface area contributed by atoms with Crippen molar-refractivity contribution in [2.24, 2.45) is 11.1 Å². The largest absolute Gasteiger partial charge is 0.462 e. The number of ether oxygens (including phenoxy) is 16. The van der Waals surface area contributed by atoms with Crippen LogP contribution >= 0.6 is 0 Å². The van der Waals surface area contributed by atoms with Crippen molar-refractivity contribution in [1.82, 2.24) is 16.0 Å². The summed E-state index contributed by atoms with van der Waals surface area (Å²) in [5.41, 5.74) is 4.46. The minimum atomic E-state index is -2.43. The SMILES string of the molecule is CC(=O)OCC(OC(C)=O)C(OC(C)=O)C(OC(C)=O)C(OCNCC(CN)(CNC(=O)C(OC(C)=O)C(OC(C)=O)C(OC(C)=O)C(COC(C)=O)OC(C)=O)CNC(=O)C(OC(C)=O)C(OC(C)=O)C(OC(C)=O)C(COC(C)=O)OC(C)=O)OC(C)=O. The van der Waals surface area contributed by atoms with E-state index in [1.807, 2.05) is 0 Å². The van der Waals surface area contributed by atoms with Crippen molar-refractivity contribution in [3.8, 4) is 0 Å². The molecule has 37 nitrogen and oxygen atoms in total. The zero-order valence-corrected chi connectivity index (χ0v) is 52.1. The molecule has 0 aromatic carbocycles. The van der Waals surface area contributed by atoms with Gasteiger partial charge in [-0.05, 0) is 0 Å². The summed E-state index contributed by atoms with van der Waals surface area (Å²) < 4.78 is 84.8. The number of esters is 15. The Morgan fingerprint density at radius 2 is 0.567 bits per heavy atom. The summed E-state index contributed by atoms with van der Waals surface area (Å²) in [5, 5.41) is 7.51. The summed E-state index contributed by atoms with van der Waals surface area (Å²) in [4.78, 5) is 216. The van der Waals surface area contributed by atoms with Gasteiger partial charge in [0.2, 0.25) is 24.6 Å². The molecule has 0 aliphatic carbocycles. The van der Waals surface area contributed by atoms with Gasteiger partial charge in [-0.15, -0.1) is 0 Å². The maximum absolute atomic E-state index is 14.7. The molecule has 0 fully saturated rings. The summed E-state index contributed by atoms with van der Waals surface area (Å²) in [6.45, 7) is 6.26. The van der Waals surface area contributed by atoms with Crippen molar-refractivity contribution < 1.29 is 157 Å². The fraction of sp³-hybridized carbons (Fsp3) is 0.679. The zero-order valence-electron chi connectivity index (χ0n) is 52.1. The van der Waals surface area contributed by atoms with E-state index >= 15 is 0 Å². The Morgan fingerprint density at radius 1 is 0.311 bits per heavy atom. The van der Waals surface area contributed by atoms with Crippen LogP contribution in [0.3, 0.4) is 0 Å². The molecule has 0 rings (SSSR count). The van der Waals surface area contributed by atoms with Gasteiger partial charge in [0.15, 0.2) is 48.8 Å². The highest BCUT2D eigenvalue weighted by Crippen LogP contribution is 2.25. The monoisotopic (exact) mass is 1300 g/mol. The van der Waals surface area contributed by atoms with E-state index in [1.54, 1.807) is 0 Å². The second kappa shape index (κ2) is 40.4. The number of hydrogen-bond donors (Lipinski definition) is 4. The molecule has 508 valence electrons. The summed E-state index contributed by atoms with van der Waals surface area (Å²) in [6.07, 6.45) is -25.5. The lowest BCUT2D eigenvalue weighted by atomic mass is 9.87. The molecule has 0 heterocycles. The quantitative estimate of drug-likeness (QED) is 0.0201. The van der Waals surface area contributed by atoms with E-state index in [1.165, 1.54) is 0 Å². The minimum Gasteiger partial charge on any atom is -0.462 e. The van der Waals surface area contributed by atoms with Gasteiger partial charge in [0.05, 0.1) is 0 Å². The third kappa shape index (κ3) is 32.7. The van der Waals surface area contributed by atoms with Crippen LogP contribution in [0.25, 0.3) is 0 Å². The van der Waals surface area contributed by atoms with Crippen LogP contribution in [0.4, 0.5) is 0 Å². The lowest BCUT2D eigenvalue weighted by Crippen LogP contribution is -2.61. The van der Waals surface area contributed by atoms with Crippen molar-refractivity contribution in [2.45, 2.75) is 177 Å². The Bertz CT molecular complexity index is 2460. The second-order valence-electron chi connectivity index (χ2n) is 19.2. The molecule has 0 radical (unpaired) electrons. The average Bonchev–Trinajstić information content (AvgIpc) is 1.28. The Kier molecular flexibility index (Phi) is 36.3. The van der Waals surface area contributed by atoms with Gasteiger partial charge in [-0.25, -0.2) is 0 Å². The molecule has 0 bridgehead atoms. The normalized spacial score (nSPS) is 15.4. The first-order valence-corrected chi connectivity index (χ1v) is 26.8. The molecule has 90 heavy (non-hydrogen) atoms. The van der Waals surface area contributed by atoms with Crippen molar-refractivity contribution in [2.75, 3.05) is 52.7 Å². The molecule has 12 atom stereocenters. The average molecular weight is 1300 g/mol. The maximum atomic E-state index is 14.7. The van der Waals surface area contributed by atoms with E-state index in [0.29, 0.717) is 0 Å². The molecular formula is C53H78N4O33. The van der Waals surface area contributed by atoms with E-state index in [2.05, 4.69) is 16.0 Å². The Hall–Kier alpha value is -9.13. The molecule has 5 N–H and O–H groups in total. The second-order valence-corrected chi connectivity index (χ2v) is 19.2. The standard InChI is InChI=1S/C53H78N4O33/c1-24(58)75-16-39(79-27(4)61)42(82-30(7)64)45(85-33(10)67)47(87-35(12)69)50(73)56-21-53(19-54,20-55-23-78-52(90-38(15)72)49(89-37(14)71)44(84-32(9)66)41(81-29(6)63)18-77-26(3)60)22-57-51(74)48(88-36(13)70)46(86-34(11)68)43(83-31(8)65)40(80-28(5)62)17-76-25(2)59/h39-49,52,55H,16-23,54H2,1-15H3,(H,56,73)(H,57,74). The van der Waals surface area contributed by atoms with Gasteiger partial charge in [-0.2, -0.15) is 0 Å². The van der Waals surface area contributed by atoms with Crippen LogP contribution in [0.2, 0.25) is 0 Å². The lowest BCUT2D eigenvalue weighted by Gasteiger charge is -2.37. The number of amides is 2. The topological polar surface area (TPSA) is 500 Å². The minimum absolute atomic E-state index is 0.678. The van der Waals surface area contributed by atoms with E-state index in [-0.39, 0.29) is 0 Å². The fourth-order valence-electron chi connectivity index (χ4n) is 7.79. The zero-order chi connectivity index (χ0) is 69.3. The molecule has 12 unspecified atom stereocenters. The third-order valence-corrected chi connectivity index (χ3v) is 11.0. The predicted molar refractivity (Wildman–Crippen MR) is 288 cm³/mol. The van der Waals surface area contributed by atoms with Gasteiger partial charge in [-0.1, -0.05) is 0 Å². The summed E-state index contributed by atoms with van der Waals surface area (Å²) in [6, 6.07) is 0. The predicted octanol–water partition coefficient (Wildman–Crippen LogP) is -3.45. The molecule has 0 aliphatic heterocycles. The van der Waals surface area contributed by atoms with Crippen LogP contribution in [-0.4, -0.2) is 228 Å². The highest BCUT2D eigenvalue weighted by Gasteiger charge is 2.50. The Morgan fingerprint density at radius 3 is 0.822 bits per heavy atom. The molecule has 2 amide bonds. The molecular weight excluding hydrogens is 1220 g/mol. The molecule has 0 saturated carbocycles. The number of carbonyl (C=O) groups excluding carboxylic acids is 17. The van der Waals surface area contributed by atoms with E-state index in [0.717, 1.165) is 104 Å². The van der Waals surface area contributed by atoms with Crippen molar-refractivity contribution in [3.05, 3.63) is 0 Å². The first-order chi connectivity index (χ1) is 41.7.